The Hall–Kier alpha value is -0.610. The number of hydrogen-bond donors (Lipinski definition) is 2. The highest BCUT2D eigenvalue weighted by atomic mass is 16.3. The summed E-state index contributed by atoms with van der Waals surface area (Å²) in [6, 6.07) is 0. The number of β-amino-alcohol motifs (C(OH)–C–C–N with tert-alkyl or cyclic N) is 1. The maximum Gasteiger partial charge on any atom is 0.226 e. The number of rotatable bonds is 2. The molecular weight excluding hydrogens is 182 g/mol. The van der Waals surface area contributed by atoms with Crippen molar-refractivity contribution in [3.05, 3.63) is 0 Å². The van der Waals surface area contributed by atoms with E-state index in [0.29, 0.717) is 19.0 Å². The highest BCUT2D eigenvalue weighted by molar-refractivity contribution is 5.81. The molecule has 2 N–H and O–H groups in total. The van der Waals surface area contributed by atoms with Gasteiger partial charge in [-0.25, -0.2) is 0 Å². The molecule has 2 rings (SSSR count). The fraction of sp³-hybridized carbons (Fsp3) is 0.900. The van der Waals surface area contributed by atoms with Crippen molar-refractivity contribution >= 4 is 5.91 Å². The van der Waals surface area contributed by atoms with Crippen LogP contribution in [-0.2, 0) is 4.79 Å². The van der Waals surface area contributed by atoms with Gasteiger partial charge in [0.1, 0.15) is 0 Å². The number of nitrogens with zero attached hydrogens (tertiary/aromatic N) is 1. The SMILES string of the molecule is CC1CC1C(=O)N1CC(O)C(CO)C1. The summed E-state index contributed by atoms with van der Waals surface area (Å²) in [5.41, 5.74) is 0. The molecule has 1 aliphatic heterocycles. The van der Waals surface area contributed by atoms with Gasteiger partial charge in [-0.15, -0.1) is 0 Å². The second kappa shape index (κ2) is 3.51. The van der Waals surface area contributed by atoms with E-state index in [0.717, 1.165) is 6.42 Å². The van der Waals surface area contributed by atoms with Crippen LogP contribution < -0.4 is 0 Å². The normalized spacial score (nSPS) is 41.5. The largest absolute Gasteiger partial charge is 0.396 e. The first-order valence-electron chi connectivity index (χ1n) is 5.21. The van der Waals surface area contributed by atoms with Gasteiger partial charge in [0.2, 0.25) is 5.91 Å². The third kappa shape index (κ3) is 1.64. The Morgan fingerprint density at radius 1 is 1.50 bits per heavy atom. The van der Waals surface area contributed by atoms with Crippen LogP contribution in [0.25, 0.3) is 0 Å². The van der Waals surface area contributed by atoms with Gasteiger partial charge in [-0.05, 0) is 12.3 Å². The first kappa shape index (κ1) is 9.93. The molecule has 2 aliphatic rings. The van der Waals surface area contributed by atoms with E-state index in [2.05, 4.69) is 6.92 Å². The summed E-state index contributed by atoms with van der Waals surface area (Å²) in [6.07, 6.45) is 0.438. The molecule has 0 spiro atoms. The third-order valence-corrected chi connectivity index (χ3v) is 3.38. The first-order chi connectivity index (χ1) is 6.63. The molecular formula is C10H17NO3. The van der Waals surface area contributed by atoms with E-state index in [1.165, 1.54) is 0 Å². The van der Waals surface area contributed by atoms with Crippen LogP contribution >= 0.6 is 0 Å². The van der Waals surface area contributed by atoms with Gasteiger partial charge in [0.05, 0.1) is 12.7 Å². The van der Waals surface area contributed by atoms with Crippen molar-refractivity contribution in [2.75, 3.05) is 19.7 Å². The maximum atomic E-state index is 11.8. The van der Waals surface area contributed by atoms with E-state index in [1.54, 1.807) is 4.90 Å². The van der Waals surface area contributed by atoms with Crippen molar-refractivity contribution in [2.24, 2.45) is 17.8 Å². The molecule has 0 bridgehead atoms. The van der Waals surface area contributed by atoms with Gasteiger partial charge >= 0.3 is 0 Å². The molecule has 2 fully saturated rings. The number of aliphatic hydroxyl groups excluding tert-OH is 2. The summed E-state index contributed by atoms with van der Waals surface area (Å²) in [5, 5.41) is 18.5. The molecule has 4 nitrogen and oxygen atoms in total. The lowest BCUT2D eigenvalue weighted by molar-refractivity contribution is -0.132. The smallest absolute Gasteiger partial charge is 0.226 e. The van der Waals surface area contributed by atoms with Crippen LogP contribution in [0, 0.1) is 17.8 Å². The van der Waals surface area contributed by atoms with Crippen molar-refractivity contribution < 1.29 is 15.0 Å². The zero-order valence-electron chi connectivity index (χ0n) is 8.39. The Morgan fingerprint density at radius 3 is 2.57 bits per heavy atom. The van der Waals surface area contributed by atoms with Gasteiger partial charge < -0.3 is 15.1 Å². The second-order valence-electron chi connectivity index (χ2n) is 4.57. The molecule has 4 atom stereocenters. The standard InChI is InChI=1S/C10H17NO3/c1-6-2-8(6)10(14)11-3-7(5-12)9(13)4-11/h6-9,12-13H,2-5H2,1H3. The monoisotopic (exact) mass is 199 g/mol. The number of carbonyl (C=O) groups is 1. The molecule has 0 aromatic rings. The van der Waals surface area contributed by atoms with Crippen LogP contribution in [-0.4, -0.2) is 46.8 Å². The number of aliphatic hydroxyl groups is 2. The Morgan fingerprint density at radius 2 is 2.14 bits per heavy atom. The zero-order valence-corrected chi connectivity index (χ0v) is 8.39. The molecule has 14 heavy (non-hydrogen) atoms. The highest BCUT2D eigenvalue weighted by Gasteiger charge is 2.44. The van der Waals surface area contributed by atoms with Crippen molar-refractivity contribution in [1.82, 2.24) is 4.90 Å². The number of carbonyl (C=O) groups excluding carboxylic acids is 1. The van der Waals surface area contributed by atoms with E-state index in [-0.39, 0.29) is 24.3 Å². The Bertz CT molecular complexity index is 244. The van der Waals surface area contributed by atoms with Crippen molar-refractivity contribution in [2.45, 2.75) is 19.4 Å². The molecule has 4 unspecified atom stereocenters. The molecule has 0 aromatic carbocycles. The quantitative estimate of drug-likeness (QED) is 0.627. The van der Waals surface area contributed by atoms with Crippen molar-refractivity contribution in [1.29, 1.82) is 0 Å². The number of amides is 1. The molecule has 1 saturated heterocycles. The van der Waals surface area contributed by atoms with Gasteiger partial charge in [-0.3, -0.25) is 4.79 Å². The molecule has 80 valence electrons. The predicted molar refractivity (Wildman–Crippen MR) is 50.4 cm³/mol. The van der Waals surface area contributed by atoms with Gasteiger partial charge in [0, 0.05) is 24.9 Å². The van der Waals surface area contributed by atoms with Gasteiger partial charge in [0.15, 0.2) is 0 Å². The Kier molecular flexibility index (Phi) is 2.49. The lowest BCUT2D eigenvalue weighted by atomic mass is 10.1. The summed E-state index contributed by atoms with van der Waals surface area (Å²) in [5.74, 6) is 0.702. The summed E-state index contributed by atoms with van der Waals surface area (Å²) in [4.78, 5) is 13.5. The summed E-state index contributed by atoms with van der Waals surface area (Å²) in [6.45, 7) is 2.94. The molecule has 1 saturated carbocycles. The van der Waals surface area contributed by atoms with E-state index in [4.69, 9.17) is 5.11 Å². The third-order valence-electron chi connectivity index (χ3n) is 3.38. The van der Waals surface area contributed by atoms with Crippen LogP contribution in [0.1, 0.15) is 13.3 Å². The van der Waals surface area contributed by atoms with Crippen molar-refractivity contribution in [3.63, 3.8) is 0 Å². The van der Waals surface area contributed by atoms with Gasteiger partial charge in [-0.1, -0.05) is 6.92 Å². The summed E-state index contributed by atoms with van der Waals surface area (Å²) >= 11 is 0. The summed E-state index contributed by atoms with van der Waals surface area (Å²) < 4.78 is 0. The minimum atomic E-state index is -0.544. The average Bonchev–Trinajstić information content (AvgIpc) is 2.75. The van der Waals surface area contributed by atoms with Crippen LogP contribution in [0.15, 0.2) is 0 Å². The Labute approximate surface area is 83.5 Å². The van der Waals surface area contributed by atoms with E-state index >= 15 is 0 Å². The van der Waals surface area contributed by atoms with Crippen LogP contribution in [0.3, 0.4) is 0 Å². The molecule has 1 amide bonds. The topological polar surface area (TPSA) is 60.8 Å². The fourth-order valence-electron chi connectivity index (χ4n) is 2.11. The van der Waals surface area contributed by atoms with E-state index in [9.17, 15) is 9.90 Å². The predicted octanol–water partition coefficient (Wildman–Crippen LogP) is -0.546. The lowest BCUT2D eigenvalue weighted by Crippen LogP contribution is -2.31. The lowest BCUT2D eigenvalue weighted by Gasteiger charge is -2.15. The van der Waals surface area contributed by atoms with Crippen LogP contribution in [0.4, 0.5) is 0 Å². The summed E-state index contributed by atoms with van der Waals surface area (Å²) in [7, 11) is 0. The maximum absolute atomic E-state index is 11.8. The highest BCUT2D eigenvalue weighted by Crippen LogP contribution is 2.40. The number of likely N-dealkylation sites (tertiary alicyclic amines) is 1. The molecule has 0 radical (unpaired) electrons. The van der Waals surface area contributed by atoms with Crippen LogP contribution in [0.5, 0.6) is 0 Å². The zero-order chi connectivity index (χ0) is 10.3. The minimum Gasteiger partial charge on any atom is -0.396 e. The van der Waals surface area contributed by atoms with Crippen molar-refractivity contribution in [3.8, 4) is 0 Å². The van der Waals surface area contributed by atoms with Crippen LogP contribution in [0.2, 0.25) is 0 Å². The van der Waals surface area contributed by atoms with E-state index < -0.39 is 6.10 Å². The Balaban J connectivity index is 1.91. The van der Waals surface area contributed by atoms with Gasteiger partial charge in [0.25, 0.3) is 0 Å². The molecule has 4 heteroatoms. The van der Waals surface area contributed by atoms with E-state index in [1.807, 2.05) is 0 Å². The van der Waals surface area contributed by atoms with Gasteiger partial charge in [-0.2, -0.15) is 0 Å². The second-order valence-corrected chi connectivity index (χ2v) is 4.57. The molecule has 1 heterocycles. The fourth-order valence-corrected chi connectivity index (χ4v) is 2.11. The first-order valence-corrected chi connectivity index (χ1v) is 5.21. The molecule has 0 aromatic heterocycles. The number of hydrogen-bond acceptors (Lipinski definition) is 3. The average molecular weight is 199 g/mol. The molecule has 1 aliphatic carbocycles. The minimum absolute atomic E-state index is 0.0365.